The first-order valence-corrected chi connectivity index (χ1v) is 9.52. The third kappa shape index (κ3) is 3.39. The van der Waals surface area contributed by atoms with Gasteiger partial charge in [-0.1, -0.05) is 60.1 Å². The summed E-state index contributed by atoms with van der Waals surface area (Å²) >= 11 is 6.27. The summed E-state index contributed by atoms with van der Waals surface area (Å²) in [5, 5.41) is 0.657. The van der Waals surface area contributed by atoms with Gasteiger partial charge in [0.1, 0.15) is 6.04 Å². The molecule has 140 valence electrons. The molecule has 2 aromatic rings. The molecule has 2 saturated heterocycles. The van der Waals surface area contributed by atoms with Crippen LogP contribution in [0.2, 0.25) is 5.02 Å². The zero-order chi connectivity index (χ0) is 19.0. The lowest BCUT2D eigenvalue weighted by atomic mass is 9.99. The van der Waals surface area contributed by atoms with Crippen molar-refractivity contribution in [2.24, 2.45) is 0 Å². The molecular formula is C21H22ClN3O2. The number of hydrogen-bond acceptors (Lipinski definition) is 2. The van der Waals surface area contributed by atoms with Crippen molar-refractivity contribution in [3.8, 4) is 0 Å². The van der Waals surface area contributed by atoms with E-state index in [1.807, 2.05) is 61.6 Å². The molecule has 5 nitrogen and oxygen atoms in total. The molecule has 3 amide bonds. The second-order valence-electron chi connectivity index (χ2n) is 7.24. The van der Waals surface area contributed by atoms with Crippen molar-refractivity contribution < 1.29 is 9.59 Å². The smallest absolute Gasteiger partial charge is 0.321 e. The summed E-state index contributed by atoms with van der Waals surface area (Å²) in [5.74, 6) is 0.00282. The van der Waals surface area contributed by atoms with Crippen molar-refractivity contribution in [1.82, 2.24) is 14.7 Å². The van der Waals surface area contributed by atoms with E-state index in [4.69, 9.17) is 11.6 Å². The van der Waals surface area contributed by atoms with E-state index >= 15 is 0 Å². The maximum absolute atomic E-state index is 13.1. The number of fused-ring (bicyclic) bond motifs is 1. The molecule has 0 radical (unpaired) electrons. The van der Waals surface area contributed by atoms with E-state index < -0.39 is 6.04 Å². The van der Waals surface area contributed by atoms with Crippen LogP contribution in [0.4, 0.5) is 4.79 Å². The third-order valence-electron chi connectivity index (χ3n) is 5.39. The van der Waals surface area contributed by atoms with Crippen LogP contribution in [0.1, 0.15) is 11.1 Å². The number of rotatable bonds is 4. The molecule has 4 rings (SSSR count). The third-order valence-corrected chi connectivity index (χ3v) is 5.76. The Morgan fingerprint density at radius 2 is 1.70 bits per heavy atom. The van der Waals surface area contributed by atoms with Crippen molar-refractivity contribution in [3.63, 3.8) is 0 Å². The quantitative estimate of drug-likeness (QED) is 0.814. The monoisotopic (exact) mass is 383 g/mol. The average molecular weight is 384 g/mol. The van der Waals surface area contributed by atoms with E-state index in [1.165, 1.54) is 0 Å². The van der Waals surface area contributed by atoms with Gasteiger partial charge in [-0.3, -0.25) is 4.79 Å². The average Bonchev–Trinajstić information content (AvgIpc) is 2.97. The van der Waals surface area contributed by atoms with Crippen LogP contribution in [0.25, 0.3) is 0 Å². The Hall–Kier alpha value is -2.53. The van der Waals surface area contributed by atoms with E-state index in [-0.39, 0.29) is 18.0 Å². The van der Waals surface area contributed by atoms with Gasteiger partial charge in [-0.25, -0.2) is 4.79 Å². The topological polar surface area (TPSA) is 43.9 Å². The predicted molar refractivity (Wildman–Crippen MR) is 104 cm³/mol. The minimum atomic E-state index is -0.458. The summed E-state index contributed by atoms with van der Waals surface area (Å²) < 4.78 is 0. The van der Waals surface area contributed by atoms with Gasteiger partial charge in [0.2, 0.25) is 5.91 Å². The standard InChI is InChI=1S/C21H22ClN3O2/c1-23-13-17-14-24(12-16-9-5-6-10-18(16)22)21(27)25(17)19(20(23)26)11-15-7-3-2-4-8-15/h2-10,17,19H,11-14H2,1H3/t17-,19+/m1/s1. The predicted octanol–water partition coefficient (Wildman–Crippen LogP) is 3.03. The second-order valence-corrected chi connectivity index (χ2v) is 7.65. The molecule has 0 spiro atoms. The van der Waals surface area contributed by atoms with Crippen LogP contribution in [-0.4, -0.2) is 58.9 Å². The molecule has 27 heavy (non-hydrogen) atoms. The van der Waals surface area contributed by atoms with Gasteiger partial charge in [0.25, 0.3) is 0 Å². The van der Waals surface area contributed by atoms with Crippen LogP contribution >= 0.6 is 11.6 Å². The normalized spacial score (nSPS) is 22.4. The molecule has 2 atom stereocenters. The van der Waals surface area contributed by atoms with Crippen molar-refractivity contribution in [2.75, 3.05) is 20.1 Å². The van der Waals surface area contributed by atoms with Gasteiger partial charge < -0.3 is 14.7 Å². The number of carbonyl (C=O) groups is 2. The molecule has 0 saturated carbocycles. The van der Waals surface area contributed by atoms with E-state index in [9.17, 15) is 9.59 Å². The van der Waals surface area contributed by atoms with Crippen molar-refractivity contribution in [2.45, 2.75) is 25.0 Å². The molecule has 2 aliphatic heterocycles. The van der Waals surface area contributed by atoms with Gasteiger partial charge in [-0.15, -0.1) is 0 Å². The molecular weight excluding hydrogens is 362 g/mol. The molecule has 2 fully saturated rings. The number of carbonyl (C=O) groups excluding carboxylic acids is 2. The molecule has 0 aromatic heterocycles. The largest absolute Gasteiger partial charge is 0.342 e. The lowest BCUT2D eigenvalue weighted by molar-refractivity contribution is -0.139. The highest BCUT2D eigenvalue weighted by Gasteiger charge is 2.48. The van der Waals surface area contributed by atoms with Crippen molar-refractivity contribution in [3.05, 3.63) is 70.7 Å². The van der Waals surface area contributed by atoms with Gasteiger partial charge in [0.15, 0.2) is 0 Å². The Labute approximate surface area is 164 Å². The Balaban J connectivity index is 1.58. The van der Waals surface area contributed by atoms with Gasteiger partial charge in [0, 0.05) is 38.1 Å². The van der Waals surface area contributed by atoms with Crippen LogP contribution in [0.3, 0.4) is 0 Å². The summed E-state index contributed by atoms with van der Waals surface area (Å²) in [5.41, 5.74) is 1.98. The lowest BCUT2D eigenvalue weighted by Crippen LogP contribution is -2.60. The minimum Gasteiger partial charge on any atom is -0.342 e. The Bertz CT molecular complexity index is 858. The van der Waals surface area contributed by atoms with Gasteiger partial charge >= 0.3 is 6.03 Å². The fraction of sp³-hybridized carbons (Fsp3) is 0.333. The highest BCUT2D eigenvalue weighted by Crippen LogP contribution is 2.29. The zero-order valence-corrected chi connectivity index (χ0v) is 16.0. The van der Waals surface area contributed by atoms with E-state index in [0.717, 1.165) is 11.1 Å². The van der Waals surface area contributed by atoms with Crippen LogP contribution < -0.4 is 0 Å². The lowest BCUT2D eigenvalue weighted by Gasteiger charge is -2.40. The molecule has 0 aliphatic carbocycles. The van der Waals surface area contributed by atoms with Crippen molar-refractivity contribution in [1.29, 1.82) is 0 Å². The first-order valence-electron chi connectivity index (χ1n) is 9.14. The maximum Gasteiger partial charge on any atom is 0.321 e. The number of urea groups is 1. The molecule has 0 bridgehead atoms. The summed E-state index contributed by atoms with van der Waals surface area (Å²) in [6.07, 6.45) is 0.534. The van der Waals surface area contributed by atoms with E-state index in [0.29, 0.717) is 31.1 Å². The highest BCUT2D eigenvalue weighted by molar-refractivity contribution is 6.31. The first-order chi connectivity index (χ1) is 13.0. The molecule has 6 heteroatoms. The van der Waals surface area contributed by atoms with Crippen LogP contribution in [0.15, 0.2) is 54.6 Å². The van der Waals surface area contributed by atoms with Crippen molar-refractivity contribution >= 4 is 23.5 Å². The molecule has 0 N–H and O–H groups in total. The Morgan fingerprint density at radius 1 is 1.00 bits per heavy atom. The van der Waals surface area contributed by atoms with Gasteiger partial charge in [-0.2, -0.15) is 0 Å². The van der Waals surface area contributed by atoms with Crippen LogP contribution in [-0.2, 0) is 17.8 Å². The van der Waals surface area contributed by atoms with Gasteiger partial charge in [0.05, 0.1) is 6.04 Å². The Morgan fingerprint density at radius 3 is 2.44 bits per heavy atom. The SMILES string of the molecule is CN1C[C@@H]2CN(Cc3ccccc3Cl)C(=O)N2[C@@H](Cc2ccccc2)C1=O. The summed E-state index contributed by atoms with van der Waals surface area (Å²) in [6.45, 7) is 1.63. The fourth-order valence-corrected chi connectivity index (χ4v) is 4.24. The Kier molecular flexibility index (Phi) is 4.79. The van der Waals surface area contributed by atoms with Crippen LogP contribution in [0.5, 0.6) is 0 Å². The summed E-state index contributed by atoms with van der Waals surface area (Å²) in [6, 6.07) is 16.9. The number of piperazine rings is 1. The van der Waals surface area contributed by atoms with Crippen LogP contribution in [0, 0.1) is 0 Å². The number of amides is 3. The van der Waals surface area contributed by atoms with Gasteiger partial charge in [-0.05, 0) is 17.2 Å². The number of benzene rings is 2. The minimum absolute atomic E-state index is 0.00282. The number of halogens is 1. The van der Waals surface area contributed by atoms with E-state index in [1.54, 1.807) is 14.7 Å². The molecule has 0 unspecified atom stereocenters. The first kappa shape index (κ1) is 17.9. The summed E-state index contributed by atoms with van der Waals surface area (Å²) in [4.78, 5) is 31.3. The summed E-state index contributed by atoms with van der Waals surface area (Å²) in [7, 11) is 1.82. The highest BCUT2D eigenvalue weighted by atomic mass is 35.5. The molecule has 2 aromatic carbocycles. The van der Waals surface area contributed by atoms with E-state index in [2.05, 4.69) is 0 Å². The zero-order valence-electron chi connectivity index (χ0n) is 15.2. The number of likely N-dealkylation sites (N-methyl/N-ethyl adjacent to an activating group) is 1. The maximum atomic E-state index is 13.1. The molecule has 2 heterocycles. The molecule has 2 aliphatic rings. The fourth-order valence-electron chi connectivity index (χ4n) is 4.04. The number of hydrogen-bond donors (Lipinski definition) is 0. The second kappa shape index (κ2) is 7.24. The number of nitrogens with zero attached hydrogens (tertiary/aromatic N) is 3.